The van der Waals surface area contributed by atoms with Crippen molar-refractivity contribution in [3.05, 3.63) is 200 Å². The monoisotopic (exact) mass is 756 g/mol. The zero-order valence-corrected chi connectivity index (χ0v) is 32.1. The highest BCUT2D eigenvalue weighted by atomic mass is 16.5. The highest BCUT2D eigenvalue weighted by molar-refractivity contribution is 6.23. The fourth-order valence-electron chi connectivity index (χ4n) is 9.11. The van der Waals surface area contributed by atoms with Gasteiger partial charge >= 0.3 is 0 Å². The smallest absolute Gasteiger partial charge is 0.235 e. The Bertz CT molecular complexity index is 3380. The molecule has 0 saturated carbocycles. The van der Waals surface area contributed by atoms with Crippen LogP contribution in [0, 0.1) is 0 Å². The molecule has 0 fully saturated rings. The van der Waals surface area contributed by atoms with Gasteiger partial charge in [-0.1, -0.05) is 140 Å². The first kappa shape index (κ1) is 33.4. The molecule has 0 spiro atoms. The van der Waals surface area contributed by atoms with Gasteiger partial charge in [-0.15, -0.1) is 0 Å². The van der Waals surface area contributed by atoms with Crippen LogP contribution in [0.25, 0.3) is 77.4 Å². The Morgan fingerprint density at radius 1 is 0.525 bits per heavy atom. The molecule has 5 heteroatoms. The molecule has 0 N–H and O–H groups in total. The summed E-state index contributed by atoms with van der Waals surface area (Å²) in [5, 5.41) is 5.72. The number of anilines is 3. The maximum atomic E-state index is 6.57. The summed E-state index contributed by atoms with van der Waals surface area (Å²) in [5.74, 6) is 2.26. The third-order valence-electron chi connectivity index (χ3n) is 11.8. The molecule has 0 unspecified atom stereocenters. The largest absolute Gasteiger partial charge is 0.453 e. The molecule has 2 aromatic heterocycles. The second kappa shape index (κ2) is 13.4. The summed E-state index contributed by atoms with van der Waals surface area (Å²) in [4.78, 5) is 13.2. The lowest BCUT2D eigenvalue weighted by atomic mass is 9.96. The van der Waals surface area contributed by atoms with Crippen LogP contribution in [0.2, 0.25) is 0 Å². The van der Waals surface area contributed by atoms with E-state index in [-0.39, 0.29) is 0 Å². The molecule has 0 radical (unpaired) electrons. The molecule has 0 bridgehead atoms. The van der Waals surface area contributed by atoms with Gasteiger partial charge < -0.3 is 9.64 Å². The highest BCUT2D eigenvalue weighted by Crippen LogP contribution is 2.52. The standard InChI is InChI=1S/C54H36N4O/c1-3-15-35(16-4-1)37-18-13-19-39(33-37)52-43-23-9-10-26-45(43)55-54(56-52)58-47-31-29-36-17-7-8-22-41(36)51(47)44-25-14-24-42(53(44)58)38-30-32-50-48(34-38)57(40-20-5-2-6-21-40)46-27-11-12-28-49(46)59-50/h2-3,5-34H,1,4H2. The van der Waals surface area contributed by atoms with Gasteiger partial charge in [-0.05, 0) is 94.9 Å². The Labute approximate surface area is 341 Å². The molecular formula is C54H36N4O. The van der Waals surface area contributed by atoms with E-state index < -0.39 is 0 Å². The summed E-state index contributed by atoms with van der Waals surface area (Å²) < 4.78 is 8.86. The average molecular weight is 757 g/mol. The fourth-order valence-corrected chi connectivity index (χ4v) is 9.11. The second-order valence-electron chi connectivity index (χ2n) is 15.3. The Balaban J connectivity index is 1.13. The van der Waals surface area contributed by atoms with E-state index in [1.165, 1.54) is 27.3 Å². The van der Waals surface area contributed by atoms with Crippen molar-refractivity contribution in [1.29, 1.82) is 0 Å². The predicted molar refractivity (Wildman–Crippen MR) is 243 cm³/mol. The third kappa shape index (κ3) is 5.39. The first-order valence-electron chi connectivity index (χ1n) is 20.2. The number of nitrogens with zero attached hydrogens (tertiary/aromatic N) is 4. The minimum Gasteiger partial charge on any atom is -0.453 e. The highest BCUT2D eigenvalue weighted by Gasteiger charge is 2.27. The van der Waals surface area contributed by atoms with Crippen LogP contribution in [-0.2, 0) is 0 Å². The van der Waals surface area contributed by atoms with Crippen LogP contribution in [0.5, 0.6) is 11.5 Å². The number of fused-ring (bicyclic) bond motifs is 8. The van der Waals surface area contributed by atoms with Crippen LogP contribution >= 0.6 is 0 Å². The minimum absolute atomic E-state index is 0.629. The molecule has 10 aromatic rings. The van der Waals surface area contributed by atoms with E-state index in [9.17, 15) is 0 Å². The van der Waals surface area contributed by atoms with E-state index in [4.69, 9.17) is 14.7 Å². The molecule has 2 aliphatic rings. The number of hydrogen-bond acceptors (Lipinski definition) is 4. The van der Waals surface area contributed by atoms with Crippen LogP contribution in [0.15, 0.2) is 194 Å². The first-order chi connectivity index (χ1) is 29.3. The lowest BCUT2D eigenvalue weighted by Crippen LogP contribution is -2.15. The molecule has 0 amide bonds. The number of rotatable bonds is 5. The molecule has 1 aliphatic heterocycles. The molecule has 8 aromatic carbocycles. The number of allylic oxidation sites excluding steroid dienone is 4. The lowest BCUT2D eigenvalue weighted by Gasteiger charge is -2.33. The van der Waals surface area contributed by atoms with E-state index in [0.717, 1.165) is 91.1 Å². The topological polar surface area (TPSA) is 43.2 Å². The summed E-state index contributed by atoms with van der Waals surface area (Å²) >= 11 is 0. The van der Waals surface area contributed by atoms with E-state index >= 15 is 0 Å². The van der Waals surface area contributed by atoms with Gasteiger partial charge in [-0.25, -0.2) is 9.97 Å². The van der Waals surface area contributed by atoms with Crippen LogP contribution in [-0.4, -0.2) is 14.5 Å². The van der Waals surface area contributed by atoms with E-state index in [1.807, 2.05) is 12.1 Å². The Hall–Kier alpha value is -7.76. The van der Waals surface area contributed by atoms with Gasteiger partial charge in [0, 0.05) is 33.0 Å². The number of ether oxygens (including phenoxy) is 1. The van der Waals surface area contributed by atoms with Crippen molar-refractivity contribution < 1.29 is 4.74 Å². The van der Waals surface area contributed by atoms with Crippen molar-refractivity contribution in [3.8, 4) is 39.8 Å². The van der Waals surface area contributed by atoms with Crippen LogP contribution in [0.4, 0.5) is 17.1 Å². The number of para-hydroxylation sites is 5. The molecule has 278 valence electrons. The van der Waals surface area contributed by atoms with Gasteiger partial charge in [0.1, 0.15) is 0 Å². The molecule has 12 rings (SSSR count). The lowest BCUT2D eigenvalue weighted by molar-refractivity contribution is 0.477. The quantitative estimate of drug-likeness (QED) is 0.175. The van der Waals surface area contributed by atoms with Crippen molar-refractivity contribution in [2.75, 3.05) is 4.90 Å². The van der Waals surface area contributed by atoms with E-state index in [1.54, 1.807) is 0 Å². The summed E-state index contributed by atoms with van der Waals surface area (Å²) in [5.41, 5.74) is 12.6. The van der Waals surface area contributed by atoms with Crippen LogP contribution in [0.1, 0.15) is 18.4 Å². The molecule has 59 heavy (non-hydrogen) atoms. The van der Waals surface area contributed by atoms with E-state index in [2.05, 4.69) is 191 Å². The number of aromatic nitrogens is 3. The van der Waals surface area contributed by atoms with Gasteiger partial charge in [0.05, 0.1) is 33.6 Å². The van der Waals surface area contributed by atoms with Crippen LogP contribution in [0.3, 0.4) is 0 Å². The number of benzene rings is 8. The van der Waals surface area contributed by atoms with Gasteiger partial charge in [-0.3, -0.25) is 4.57 Å². The zero-order valence-electron chi connectivity index (χ0n) is 32.1. The normalized spacial score (nSPS) is 13.4. The molecule has 1 aliphatic carbocycles. The first-order valence-corrected chi connectivity index (χ1v) is 20.2. The zero-order chi connectivity index (χ0) is 38.9. The van der Waals surface area contributed by atoms with Crippen molar-refractivity contribution >= 4 is 66.1 Å². The van der Waals surface area contributed by atoms with E-state index in [0.29, 0.717) is 5.95 Å². The SMILES string of the molecule is C1=CC(c2cccc(-c3nc(-n4c5ccc6ccccc6c5c5cccc(-c6ccc7c(c6)N(c6ccccc6)c6ccccc6O7)c54)nc4ccccc34)c2)=CCC1. The summed E-state index contributed by atoms with van der Waals surface area (Å²) in [6.07, 6.45) is 8.96. The summed E-state index contributed by atoms with van der Waals surface area (Å²) in [7, 11) is 0. The maximum absolute atomic E-state index is 6.57. The summed E-state index contributed by atoms with van der Waals surface area (Å²) in [6.45, 7) is 0. The van der Waals surface area contributed by atoms with Crippen molar-refractivity contribution in [1.82, 2.24) is 14.5 Å². The third-order valence-corrected chi connectivity index (χ3v) is 11.8. The maximum Gasteiger partial charge on any atom is 0.235 e. The number of hydrogen-bond donors (Lipinski definition) is 0. The summed E-state index contributed by atoms with van der Waals surface area (Å²) in [6, 6.07) is 62.2. The average Bonchev–Trinajstić information content (AvgIpc) is 3.66. The molecule has 0 saturated heterocycles. The van der Waals surface area contributed by atoms with Crippen molar-refractivity contribution in [2.24, 2.45) is 0 Å². The molecule has 5 nitrogen and oxygen atoms in total. The van der Waals surface area contributed by atoms with Crippen molar-refractivity contribution in [3.63, 3.8) is 0 Å². The van der Waals surface area contributed by atoms with Crippen LogP contribution < -0.4 is 9.64 Å². The Morgan fingerprint density at radius 2 is 1.31 bits per heavy atom. The van der Waals surface area contributed by atoms with Crippen molar-refractivity contribution in [2.45, 2.75) is 12.8 Å². The predicted octanol–water partition coefficient (Wildman–Crippen LogP) is 14.5. The fraction of sp³-hybridized carbons (Fsp3) is 0.0370. The van der Waals surface area contributed by atoms with Gasteiger partial charge in [-0.2, -0.15) is 0 Å². The second-order valence-corrected chi connectivity index (χ2v) is 15.3. The minimum atomic E-state index is 0.629. The van der Waals surface area contributed by atoms with Gasteiger partial charge in [0.15, 0.2) is 11.5 Å². The molecular weight excluding hydrogens is 721 g/mol. The van der Waals surface area contributed by atoms with Gasteiger partial charge in [0.25, 0.3) is 0 Å². The van der Waals surface area contributed by atoms with Gasteiger partial charge in [0.2, 0.25) is 5.95 Å². The Kier molecular flexibility index (Phi) is 7.60. The Morgan fingerprint density at radius 3 is 2.22 bits per heavy atom. The molecule has 0 atom stereocenters. The molecule has 3 heterocycles.